The highest BCUT2D eigenvalue weighted by molar-refractivity contribution is 7.80. The van der Waals surface area contributed by atoms with Crippen molar-refractivity contribution in [2.75, 3.05) is 19.0 Å². The number of aromatic nitrogens is 2. The van der Waals surface area contributed by atoms with Crippen molar-refractivity contribution in [2.45, 2.75) is 32.4 Å². The zero-order chi connectivity index (χ0) is 28.4. The number of para-hydroxylation sites is 2. The summed E-state index contributed by atoms with van der Waals surface area (Å²) < 4.78 is 7.35. The maximum atomic E-state index is 13.0. The fourth-order valence-corrected chi connectivity index (χ4v) is 5.80. The Bertz CT molecular complexity index is 1560. The summed E-state index contributed by atoms with van der Waals surface area (Å²) in [6.07, 6.45) is 1.97. The Balaban J connectivity index is 1.49. The maximum Gasteiger partial charge on any atom is 0.226 e. The third kappa shape index (κ3) is 5.35. The molecule has 8 nitrogen and oxygen atoms in total. The van der Waals surface area contributed by atoms with Crippen molar-refractivity contribution in [3.8, 4) is 17.2 Å². The topological polar surface area (TPSA) is 91.7 Å². The summed E-state index contributed by atoms with van der Waals surface area (Å²) >= 11 is 12.1. The number of amides is 1. The number of aromatic hydroxyl groups is 1. The minimum absolute atomic E-state index is 0.129. The summed E-state index contributed by atoms with van der Waals surface area (Å²) in [5.74, 6) is 0.574. The second-order valence-electron chi connectivity index (χ2n) is 9.61. The zero-order valence-electron chi connectivity index (χ0n) is 22.4. The molecule has 40 heavy (non-hydrogen) atoms. The minimum atomic E-state index is -0.247. The average molecular weight is 576 g/mol. The molecular weight excluding hydrogens is 546 g/mol. The average Bonchev–Trinajstić information content (AvgIpc) is 3.43. The van der Waals surface area contributed by atoms with Crippen LogP contribution in [0.5, 0.6) is 11.5 Å². The lowest BCUT2D eigenvalue weighted by atomic mass is 9.96. The number of anilines is 1. The van der Waals surface area contributed by atoms with E-state index in [-0.39, 0.29) is 30.2 Å². The van der Waals surface area contributed by atoms with E-state index in [4.69, 9.17) is 28.6 Å². The molecule has 10 heteroatoms. The van der Waals surface area contributed by atoms with Gasteiger partial charge in [0.15, 0.2) is 5.11 Å². The van der Waals surface area contributed by atoms with Crippen molar-refractivity contribution in [2.24, 2.45) is 0 Å². The van der Waals surface area contributed by atoms with Gasteiger partial charge in [-0.1, -0.05) is 29.8 Å². The molecule has 0 radical (unpaired) electrons. The second-order valence-corrected chi connectivity index (χ2v) is 10.4. The van der Waals surface area contributed by atoms with Crippen molar-refractivity contribution >= 4 is 40.5 Å². The van der Waals surface area contributed by atoms with Gasteiger partial charge in [-0.25, -0.2) is 0 Å². The molecule has 2 atom stereocenters. The molecule has 3 N–H and O–H groups in total. The molecule has 1 aliphatic heterocycles. The molecule has 0 bridgehead atoms. The predicted octanol–water partition coefficient (Wildman–Crippen LogP) is 5.86. The first-order chi connectivity index (χ1) is 19.3. The number of hydrogen-bond donors (Lipinski definition) is 3. The van der Waals surface area contributed by atoms with Gasteiger partial charge in [0, 0.05) is 35.6 Å². The van der Waals surface area contributed by atoms with E-state index in [1.54, 1.807) is 43.6 Å². The minimum Gasteiger partial charge on any atom is -0.506 e. The van der Waals surface area contributed by atoms with Gasteiger partial charge in [0.25, 0.3) is 0 Å². The number of benzene rings is 2. The molecule has 0 aliphatic carbocycles. The molecule has 2 aromatic heterocycles. The van der Waals surface area contributed by atoms with Crippen LogP contribution >= 0.6 is 23.8 Å². The number of hydrogen-bond acceptors (Lipinski definition) is 5. The van der Waals surface area contributed by atoms with Crippen LogP contribution in [-0.2, 0) is 4.79 Å². The highest BCUT2D eigenvalue weighted by Gasteiger charge is 2.41. The smallest absolute Gasteiger partial charge is 0.226 e. The molecule has 206 valence electrons. The van der Waals surface area contributed by atoms with Crippen molar-refractivity contribution < 1.29 is 14.6 Å². The molecular formula is C30H30ClN5O3S. The fraction of sp³-hybridized carbons (Fsp3) is 0.233. The molecule has 1 amide bonds. The van der Waals surface area contributed by atoms with Gasteiger partial charge in [-0.05, 0) is 80.2 Å². The van der Waals surface area contributed by atoms with E-state index < -0.39 is 0 Å². The Morgan fingerprint density at radius 3 is 2.67 bits per heavy atom. The van der Waals surface area contributed by atoms with Gasteiger partial charge in [0.2, 0.25) is 5.91 Å². The largest absolute Gasteiger partial charge is 0.506 e. The number of thiocarbonyl (C=S) groups is 1. The highest BCUT2D eigenvalue weighted by atomic mass is 35.5. The normalized spacial score (nSPS) is 16.6. The molecule has 0 unspecified atom stereocenters. The first-order valence-corrected chi connectivity index (χ1v) is 13.7. The van der Waals surface area contributed by atoms with Gasteiger partial charge in [-0.2, -0.15) is 0 Å². The fourth-order valence-electron chi connectivity index (χ4n) is 5.30. The van der Waals surface area contributed by atoms with Gasteiger partial charge in [-0.15, -0.1) is 0 Å². The second kappa shape index (κ2) is 11.6. The Morgan fingerprint density at radius 2 is 1.93 bits per heavy atom. The van der Waals surface area contributed by atoms with Gasteiger partial charge in [0.05, 0.1) is 36.3 Å². The molecule has 0 saturated carbocycles. The number of carbonyl (C=O) groups excluding carboxylic acids is 1. The maximum absolute atomic E-state index is 13.0. The first-order valence-electron chi connectivity index (χ1n) is 12.9. The number of ether oxygens (including phenoxy) is 1. The third-order valence-corrected chi connectivity index (χ3v) is 7.71. The monoisotopic (exact) mass is 575 g/mol. The van der Waals surface area contributed by atoms with Crippen LogP contribution in [0.4, 0.5) is 5.69 Å². The van der Waals surface area contributed by atoms with Crippen LogP contribution in [0.3, 0.4) is 0 Å². The highest BCUT2D eigenvalue weighted by Crippen LogP contribution is 2.42. The van der Waals surface area contributed by atoms with Crippen LogP contribution in [-0.4, -0.2) is 44.2 Å². The number of rotatable bonds is 8. The van der Waals surface area contributed by atoms with E-state index in [0.29, 0.717) is 33.8 Å². The Morgan fingerprint density at radius 1 is 1.15 bits per heavy atom. The quantitative estimate of drug-likeness (QED) is 0.227. The first kappa shape index (κ1) is 27.5. The van der Waals surface area contributed by atoms with Crippen LogP contribution in [0.1, 0.15) is 41.1 Å². The van der Waals surface area contributed by atoms with Crippen LogP contribution in [0.15, 0.2) is 72.9 Å². The van der Waals surface area contributed by atoms with Gasteiger partial charge >= 0.3 is 0 Å². The van der Waals surface area contributed by atoms with E-state index in [2.05, 4.69) is 21.7 Å². The lowest BCUT2D eigenvalue weighted by Gasteiger charge is -2.28. The summed E-state index contributed by atoms with van der Waals surface area (Å²) in [5, 5.41) is 18.1. The van der Waals surface area contributed by atoms with E-state index in [9.17, 15) is 9.90 Å². The van der Waals surface area contributed by atoms with Crippen molar-refractivity contribution in [1.82, 2.24) is 19.8 Å². The number of methoxy groups -OCH3 is 1. The van der Waals surface area contributed by atoms with Crippen LogP contribution < -0.4 is 15.4 Å². The summed E-state index contributed by atoms with van der Waals surface area (Å²) in [6, 6.07) is 19.7. The standard InChI is InChI=1S/C30H30ClN5O3S/c1-18-16-21(19(2)36(18)24-17-20(31)11-12-25(24)37)29-28(23-9-6-7-14-32-23)34-30(40)35(29)15-13-27(38)33-22-8-4-5-10-26(22)39-3/h4-12,14,16-17,28-29,37H,13,15H2,1-3H3,(H,33,38)(H,34,40)/t28-,29+/m1/s1. The number of nitrogens with one attached hydrogen (secondary N) is 2. The number of phenols is 1. The van der Waals surface area contributed by atoms with Crippen LogP contribution in [0, 0.1) is 13.8 Å². The SMILES string of the molecule is COc1ccccc1NC(=O)CCN1C(=S)N[C@H](c2ccccn2)[C@@H]1c1cc(C)n(-c2cc(Cl)ccc2O)c1C. The summed E-state index contributed by atoms with van der Waals surface area (Å²) in [7, 11) is 1.57. The zero-order valence-corrected chi connectivity index (χ0v) is 24.0. The molecule has 0 spiro atoms. The lowest BCUT2D eigenvalue weighted by molar-refractivity contribution is -0.116. The third-order valence-electron chi connectivity index (χ3n) is 7.13. The molecule has 1 aliphatic rings. The Labute approximate surface area is 243 Å². The number of halogens is 1. The van der Waals surface area contributed by atoms with Gasteiger partial charge in [-0.3, -0.25) is 9.78 Å². The van der Waals surface area contributed by atoms with E-state index in [0.717, 1.165) is 22.6 Å². The number of phenolic OH excluding ortho intramolecular Hbond substituents is 1. The number of nitrogens with zero attached hydrogens (tertiary/aromatic N) is 3. The molecule has 1 saturated heterocycles. The van der Waals surface area contributed by atoms with Crippen molar-refractivity contribution in [3.05, 3.63) is 101 Å². The summed E-state index contributed by atoms with van der Waals surface area (Å²) in [5.41, 5.74) is 4.91. The van der Waals surface area contributed by atoms with E-state index >= 15 is 0 Å². The summed E-state index contributed by atoms with van der Waals surface area (Å²) in [4.78, 5) is 19.7. The number of pyridine rings is 1. The number of carbonyl (C=O) groups is 1. The van der Waals surface area contributed by atoms with Gasteiger partial charge in [0.1, 0.15) is 11.5 Å². The van der Waals surface area contributed by atoms with E-state index in [1.165, 1.54) is 0 Å². The van der Waals surface area contributed by atoms with Gasteiger partial charge < -0.3 is 29.9 Å². The lowest BCUT2D eigenvalue weighted by Crippen LogP contribution is -2.33. The van der Waals surface area contributed by atoms with Crippen LogP contribution in [0.2, 0.25) is 5.02 Å². The predicted molar refractivity (Wildman–Crippen MR) is 160 cm³/mol. The van der Waals surface area contributed by atoms with Crippen molar-refractivity contribution in [3.63, 3.8) is 0 Å². The molecule has 5 rings (SSSR count). The summed E-state index contributed by atoms with van der Waals surface area (Å²) in [6.45, 7) is 4.37. The van der Waals surface area contributed by atoms with Crippen molar-refractivity contribution in [1.29, 1.82) is 0 Å². The molecule has 3 heterocycles. The molecule has 2 aromatic carbocycles. The Hall–Kier alpha value is -4.08. The van der Waals surface area contributed by atoms with E-state index in [1.807, 2.05) is 53.6 Å². The van der Waals surface area contributed by atoms with Crippen LogP contribution in [0.25, 0.3) is 5.69 Å². The molecule has 1 fully saturated rings. The Kier molecular flexibility index (Phi) is 7.95. The number of aryl methyl sites for hydroxylation is 1. The molecule has 4 aromatic rings.